The fourth-order valence-electron chi connectivity index (χ4n) is 2.22. The zero-order valence-electron chi connectivity index (χ0n) is 13.0. The summed E-state index contributed by atoms with van der Waals surface area (Å²) < 4.78 is 5.29. The molecule has 22 heavy (non-hydrogen) atoms. The summed E-state index contributed by atoms with van der Waals surface area (Å²) in [7, 11) is 0. The summed E-state index contributed by atoms with van der Waals surface area (Å²) in [6.45, 7) is 6.10. The van der Waals surface area contributed by atoms with Crippen LogP contribution in [0.15, 0.2) is 29.3 Å². The minimum Gasteiger partial charge on any atom is -0.378 e. The molecule has 0 saturated carbocycles. The second-order valence-electron chi connectivity index (χ2n) is 5.23. The summed E-state index contributed by atoms with van der Waals surface area (Å²) in [4.78, 5) is 18.4. The van der Waals surface area contributed by atoms with Gasteiger partial charge in [-0.3, -0.25) is 4.79 Å². The molecule has 0 radical (unpaired) electrons. The second kappa shape index (κ2) is 8.38. The highest BCUT2D eigenvalue weighted by Gasteiger charge is 2.12. The van der Waals surface area contributed by atoms with Gasteiger partial charge in [0, 0.05) is 25.2 Å². The molecule has 6 heteroatoms. The van der Waals surface area contributed by atoms with E-state index >= 15 is 0 Å². The number of benzene rings is 1. The SMILES string of the molecule is CCCNC(=O)c1cccc(CN=C(N)N2CCOCC2)c1. The largest absolute Gasteiger partial charge is 0.378 e. The normalized spacial score (nSPS) is 15.7. The molecule has 1 aliphatic rings. The van der Waals surface area contributed by atoms with Gasteiger partial charge in [0.1, 0.15) is 0 Å². The van der Waals surface area contributed by atoms with Gasteiger partial charge in [-0.1, -0.05) is 19.1 Å². The molecule has 3 N–H and O–H groups in total. The standard InChI is InChI=1S/C16H24N4O2/c1-2-6-18-15(21)14-5-3-4-13(11-14)12-19-16(17)20-7-9-22-10-8-20/h3-5,11H,2,6-10,12H2,1H3,(H2,17,19)(H,18,21). The van der Waals surface area contributed by atoms with Gasteiger partial charge in [-0.05, 0) is 24.1 Å². The maximum Gasteiger partial charge on any atom is 0.251 e. The Kier molecular flexibility index (Phi) is 6.21. The quantitative estimate of drug-likeness (QED) is 0.627. The van der Waals surface area contributed by atoms with Crippen LogP contribution in [0.5, 0.6) is 0 Å². The van der Waals surface area contributed by atoms with Crippen LogP contribution < -0.4 is 11.1 Å². The molecule has 2 rings (SSSR count). The number of aliphatic imine (C=N–C) groups is 1. The number of carbonyl (C=O) groups is 1. The number of carbonyl (C=O) groups excluding carboxylic acids is 1. The number of nitrogens with one attached hydrogen (secondary N) is 1. The molecule has 1 aliphatic heterocycles. The third-order valence-corrected chi connectivity index (χ3v) is 3.48. The van der Waals surface area contributed by atoms with Crippen LogP contribution in [0, 0.1) is 0 Å². The van der Waals surface area contributed by atoms with Crippen LogP contribution in [-0.4, -0.2) is 49.6 Å². The Bertz CT molecular complexity index is 525. The summed E-state index contributed by atoms with van der Waals surface area (Å²) in [6.07, 6.45) is 0.922. The Morgan fingerprint density at radius 2 is 2.18 bits per heavy atom. The van der Waals surface area contributed by atoms with Crippen molar-refractivity contribution >= 4 is 11.9 Å². The van der Waals surface area contributed by atoms with Gasteiger partial charge in [0.05, 0.1) is 19.8 Å². The van der Waals surface area contributed by atoms with Crippen molar-refractivity contribution in [2.24, 2.45) is 10.7 Å². The van der Waals surface area contributed by atoms with Gasteiger partial charge in [-0.25, -0.2) is 4.99 Å². The van der Waals surface area contributed by atoms with Crippen molar-refractivity contribution in [2.75, 3.05) is 32.8 Å². The van der Waals surface area contributed by atoms with E-state index < -0.39 is 0 Å². The number of hydrogen-bond donors (Lipinski definition) is 2. The minimum absolute atomic E-state index is 0.0474. The second-order valence-corrected chi connectivity index (χ2v) is 5.23. The van der Waals surface area contributed by atoms with E-state index in [1.165, 1.54) is 0 Å². The highest BCUT2D eigenvalue weighted by atomic mass is 16.5. The van der Waals surface area contributed by atoms with Crippen molar-refractivity contribution in [1.29, 1.82) is 0 Å². The van der Waals surface area contributed by atoms with E-state index in [-0.39, 0.29) is 5.91 Å². The topological polar surface area (TPSA) is 80.0 Å². The number of nitrogens with zero attached hydrogens (tertiary/aromatic N) is 2. The molecular formula is C16H24N4O2. The molecule has 0 spiro atoms. The molecule has 1 saturated heterocycles. The van der Waals surface area contributed by atoms with Gasteiger partial charge in [0.2, 0.25) is 0 Å². The van der Waals surface area contributed by atoms with E-state index in [0.29, 0.717) is 37.8 Å². The zero-order chi connectivity index (χ0) is 15.8. The number of morpholine rings is 1. The van der Waals surface area contributed by atoms with Gasteiger partial charge in [0.25, 0.3) is 5.91 Å². The van der Waals surface area contributed by atoms with Gasteiger partial charge >= 0.3 is 0 Å². The smallest absolute Gasteiger partial charge is 0.251 e. The third kappa shape index (κ3) is 4.73. The lowest BCUT2D eigenvalue weighted by Gasteiger charge is -2.27. The van der Waals surface area contributed by atoms with Crippen molar-refractivity contribution in [2.45, 2.75) is 19.9 Å². The summed E-state index contributed by atoms with van der Waals surface area (Å²) in [5, 5.41) is 2.87. The minimum atomic E-state index is -0.0474. The molecule has 0 aromatic heterocycles. The van der Waals surface area contributed by atoms with Crippen LogP contribution in [0.4, 0.5) is 0 Å². The van der Waals surface area contributed by atoms with E-state index in [2.05, 4.69) is 10.3 Å². The van der Waals surface area contributed by atoms with Crippen LogP contribution in [0.2, 0.25) is 0 Å². The molecule has 6 nitrogen and oxygen atoms in total. The molecule has 1 heterocycles. The zero-order valence-corrected chi connectivity index (χ0v) is 13.0. The monoisotopic (exact) mass is 304 g/mol. The number of rotatable bonds is 5. The fraction of sp³-hybridized carbons (Fsp3) is 0.500. The Labute approximate surface area is 131 Å². The summed E-state index contributed by atoms with van der Waals surface area (Å²) >= 11 is 0. The number of guanidine groups is 1. The first-order chi connectivity index (χ1) is 10.7. The Balaban J connectivity index is 1.96. The number of amides is 1. The van der Waals surface area contributed by atoms with Crippen LogP contribution in [0.3, 0.4) is 0 Å². The van der Waals surface area contributed by atoms with E-state index in [1.807, 2.05) is 36.1 Å². The lowest BCUT2D eigenvalue weighted by Crippen LogP contribution is -2.44. The van der Waals surface area contributed by atoms with Gasteiger partial charge in [0.15, 0.2) is 5.96 Å². The highest BCUT2D eigenvalue weighted by molar-refractivity contribution is 5.94. The first kappa shape index (κ1) is 16.3. The number of nitrogens with two attached hydrogens (primary N) is 1. The molecule has 1 aromatic carbocycles. The lowest BCUT2D eigenvalue weighted by molar-refractivity contribution is 0.0674. The van der Waals surface area contributed by atoms with Crippen molar-refractivity contribution in [1.82, 2.24) is 10.2 Å². The van der Waals surface area contributed by atoms with Crippen LogP contribution in [0.25, 0.3) is 0 Å². The predicted octanol–water partition coefficient (Wildman–Crippen LogP) is 0.973. The highest BCUT2D eigenvalue weighted by Crippen LogP contribution is 2.07. The molecule has 1 aromatic rings. The van der Waals surface area contributed by atoms with Crippen molar-refractivity contribution in [3.05, 3.63) is 35.4 Å². The maximum atomic E-state index is 11.9. The van der Waals surface area contributed by atoms with E-state index in [0.717, 1.165) is 25.1 Å². The summed E-state index contributed by atoms with van der Waals surface area (Å²) in [5.41, 5.74) is 7.63. The maximum absolute atomic E-state index is 11.9. The van der Waals surface area contributed by atoms with Crippen molar-refractivity contribution in [3.8, 4) is 0 Å². The average Bonchev–Trinajstić information content (AvgIpc) is 2.58. The number of ether oxygens (including phenoxy) is 1. The molecular weight excluding hydrogens is 280 g/mol. The summed E-state index contributed by atoms with van der Waals surface area (Å²) in [6, 6.07) is 7.49. The van der Waals surface area contributed by atoms with Gasteiger partial charge in [-0.2, -0.15) is 0 Å². The van der Waals surface area contributed by atoms with E-state index in [1.54, 1.807) is 0 Å². The van der Waals surface area contributed by atoms with Crippen molar-refractivity contribution in [3.63, 3.8) is 0 Å². The molecule has 0 unspecified atom stereocenters. The molecule has 1 fully saturated rings. The average molecular weight is 304 g/mol. The summed E-state index contributed by atoms with van der Waals surface area (Å²) in [5.74, 6) is 0.484. The number of hydrogen-bond acceptors (Lipinski definition) is 3. The van der Waals surface area contributed by atoms with E-state index in [9.17, 15) is 4.79 Å². The first-order valence-electron chi connectivity index (χ1n) is 7.70. The van der Waals surface area contributed by atoms with Crippen LogP contribution >= 0.6 is 0 Å². The first-order valence-corrected chi connectivity index (χ1v) is 7.70. The van der Waals surface area contributed by atoms with Gasteiger partial charge < -0.3 is 20.7 Å². The fourth-order valence-corrected chi connectivity index (χ4v) is 2.22. The molecule has 120 valence electrons. The predicted molar refractivity (Wildman–Crippen MR) is 86.8 cm³/mol. The Morgan fingerprint density at radius 1 is 1.41 bits per heavy atom. The van der Waals surface area contributed by atoms with Gasteiger partial charge in [-0.15, -0.1) is 0 Å². The van der Waals surface area contributed by atoms with Crippen LogP contribution in [-0.2, 0) is 11.3 Å². The third-order valence-electron chi connectivity index (χ3n) is 3.48. The van der Waals surface area contributed by atoms with Crippen LogP contribution in [0.1, 0.15) is 29.3 Å². The molecule has 0 aliphatic carbocycles. The molecule has 1 amide bonds. The lowest BCUT2D eigenvalue weighted by atomic mass is 10.1. The Hall–Kier alpha value is -2.08. The Morgan fingerprint density at radius 3 is 2.91 bits per heavy atom. The van der Waals surface area contributed by atoms with Crippen molar-refractivity contribution < 1.29 is 9.53 Å². The van der Waals surface area contributed by atoms with E-state index in [4.69, 9.17) is 10.5 Å². The molecule has 0 atom stereocenters. The molecule has 0 bridgehead atoms.